The molecule has 21 heavy (non-hydrogen) atoms. The maximum Gasteiger partial charge on any atom is 0.355 e. The maximum atomic E-state index is 11.7. The topological polar surface area (TPSA) is 101 Å². The van der Waals surface area contributed by atoms with Gasteiger partial charge >= 0.3 is 5.97 Å². The van der Waals surface area contributed by atoms with Crippen LogP contribution < -0.4 is 5.32 Å². The molecule has 2 heterocycles. The summed E-state index contributed by atoms with van der Waals surface area (Å²) in [5.41, 5.74) is 0.503. The molecule has 0 radical (unpaired) electrons. The smallest absolute Gasteiger partial charge is 0.355 e. The van der Waals surface area contributed by atoms with Crippen molar-refractivity contribution in [2.45, 2.75) is 13.5 Å². The SMILES string of the molecule is CC(=O)c1c[nH]c(C(=O)OCC(=O)NCc2ccco2)c1. The molecule has 7 heteroatoms. The highest BCUT2D eigenvalue weighted by Crippen LogP contribution is 2.05. The number of hydrogen-bond donors (Lipinski definition) is 2. The number of furan rings is 1. The molecule has 0 aliphatic carbocycles. The van der Waals surface area contributed by atoms with E-state index in [9.17, 15) is 14.4 Å². The fourth-order valence-corrected chi connectivity index (χ4v) is 1.57. The molecular formula is C14H14N2O5. The minimum absolute atomic E-state index is 0.124. The number of hydrogen-bond acceptors (Lipinski definition) is 5. The number of esters is 1. The molecular weight excluding hydrogens is 276 g/mol. The first-order valence-electron chi connectivity index (χ1n) is 6.22. The summed E-state index contributed by atoms with van der Waals surface area (Å²) in [6, 6.07) is 4.80. The van der Waals surface area contributed by atoms with Crippen molar-refractivity contribution < 1.29 is 23.5 Å². The monoisotopic (exact) mass is 290 g/mol. The molecule has 0 fully saturated rings. The molecule has 0 unspecified atom stereocenters. The van der Waals surface area contributed by atoms with E-state index in [4.69, 9.17) is 9.15 Å². The number of Topliss-reactive ketones (excluding diaryl/α,β-unsaturated/α-hetero) is 1. The third kappa shape index (κ3) is 4.07. The van der Waals surface area contributed by atoms with E-state index in [1.807, 2.05) is 0 Å². The number of rotatable bonds is 6. The van der Waals surface area contributed by atoms with E-state index in [-0.39, 0.29) is 18.0 Å². The lowest BCUT2D eigenvalue weighted by atomic mass is 10.2. The zero-order valence-corrected chi connectivity index (χ0v) is 11.3. The van der Waals surface area contributed by atoms with Crippen molar-refractivity contribution in [1.82, 2.24) is 10.3 Å². The quantitative estimate of drug-likeness (QED) is 0.616. The summed E-state index contributed by atoms with van der Waals surface area (Å²) in [6.07, 6.45) is 2.91. The summed E-state index contributed by atoms with van der Waals surface area (Å²) in [6.45, 7) is 1.20. The number of nitrogens with one attached hydrogen (secondary N) is 2. The van der Waals surface area contributed by atoms with Gasteiger partial charge in [0.05, 0.1) is 12.8 Å². The Morgan fingerprint density at radius 1 is 1.38 bits per heavy atom. The summed E-state index contributed by atoms with van der Waals surface area (Å²) < 4.78 is 9.87. The molecule has 2 rings (SSSR count). The van der Waals surface area contributed by atoms with Gasteiger partial charge < -0.3 is 19.5 Å². The summed E-state index contributed by atoms with van der Waals surface area (Å²) in [7, 11) is 0. The Bertz CT molecular complexity index is 642. The number of carbonyl (C=O) groups excluding carboxylic acids is 3. The van der Waals surface area contributed by atoms with Crippen LogP contribution in [0, 0.1) is 0 Å². The predicted molar refractivity (Wildman–Crippen MR) is 71.6 cm³/mol. The van der Waals surface area contributed by atoms with Gasteiger partial charge in [-0.1, -0.05) is 0 Å². The first-order valence-corrected chi connectivity index (χ1v) is 6.22. The molecule has 2 aromatic rings. The highest BCUT2D eigenvalue weighted by Gasteiger charge is 2.13. The van der Waals surface area contributed by atoms with Crippen molar-refractivity contribution in [1.29, 1.82) is 0 Å². The molecule has 0 atom stereocenters. The second-order valence-electron chi connectivity index (χ2n) is 4.29. The second kappa shape index (κ2) is 6.56. The number of ether oxygens (including phenoxy) is 1. The zero-order chi connectivity index (χ0) is 15.2. The normalized spacial score (nSPS) is 10.1. The van der Waals surface area contributed by atoms with Crippen molar-refractivity contribution in [2.24, 2.45) is 0 Å². The molecule has 7 nitrogen and oxygen atoms in total. The van der Waals surface area contributed by atoms with Crippen LogP contribution in [0.25, 0.3) is 0 Å². The second-order valence-corrected chi connectivity index (χ2v) is 4.29. The van der Waals surface area contributed by atoms with Crippen molar-refractivity contribution >= 4 is 17.7 Å². The molecule has 0 saturated carbocycles. The van der Waals surface area contributed by atoms with Crippen LogP contribution in [0.4, 0.5) is 0 Å². The van der Waals surface area contributed by atoms with Crippen molar-refractivity contribution in [3.8, 4) is 0 Å². The van der Waals surface area contributed by atoms with Gasteiger partial charge in [-0.05, 0) is 25.1 Å². The lowest BCUT2D eigenvalue weighted by molar-refractivity contribution is -0.124. The number of aromatic amines is 1. The van der Waals surface area contributed by atoms with Gasteiger partial charge in [-0.25, -0.2) is 4.79 Å². The Morgan fingerprint density at radius 2 is 2.19 bits per heavy atom. The van der Waals surface area contributed by atoms with E-state index >= 15 is 0 Å². The molecule has 0 aliphatic rings. The van der Waals surface area contributed by atoms with Crippen LogP contribution in [0.5, 0.6) is 0 Å². The van der Waals surface area contributed by atoms with Crippen LogP contribution >= 0.6 is 0 Å². The number of carbonyl (C=O) groups is 3. The third-order valence-corrected chi connectivity index (χ3v) is 2.68. The molecule has 0 spiro atoms. The van der Waals surface area contributed by atoms with Crippen LogP contribution in [0.1, 0.15) is 33.5 Å². The van der Waals surface area contributed by atoms with Crippen molar-refractivity contribution in [3.05, 3.63) is 47.7 Å². The molecule has 0 aliphatic heterocycles. The molecule has 0 bridgehead atoms. The summed E-state index contributed by atoms with van der Waals surface area (Å²) in [5.74, 6) is -0.708. The Morgan fingerprint density at radius 3 is 2.81 bits per heavy atom. The highest BCUT2D eigenvalue weighted by molar-refractivity contribution is 5.97. The van der Waals surface area contributed by atoms with Crippen LogP contribution in [-0.4, -0.2) is 29.3 Å². The van der Waals surface area contributed by atoms with Gasteiger partial charge in [0.15, 0.2) is 12.4 Å². The molecule has 0 aromatic carbocycles. The van der Waals surface area contributed by atoms with Gasteiger partial charge in [-0.3, -0.25) is 9.59 Å². The van der Waals surface area contributed by atoms with E-state index in [1.54, 1.807) is 12.1 Å². The fourth-order valence-electron chi connectivity index (χ4n) is 1.57. The summed E-state index contributed by atoms with van der Waals surface area (Å²) >= 11 is 0. The average molecular weight is 290 g/mol. The van der Waals surface area contributed by atoms with E-state index in [1.165, 1.54) is 25.5 Å². The van der Waals surface area contributed by atoms with Gasteiger partial charge in [-0.2, -0.15) is 0 Å². The minimum atomic E-state index is -0.698. The van der Waals surface area contributed by atoms with E-state index in [0.29, 0.717) is 11.3 Å². The van der Waals surface area contributed by atoms with Crippen LogP contribution in [0.3, 0.4) is 0 Å². The van der Waals surface area contributed by atoms with E-state index in [0.717, 1.165) is 0 Å². The summed E-state index contributed by atoms with van der Waals surface area (Å²) in [4.78, 5) is 36.9. The molecule has 0 saturated heterocycles. The lowest BCUT2D eigenvalue weighted by Crippen LogP contribution is -2.28. The van der Waals surface area contributed by atoms with Crippen LogP contribution in [-0.2, 0) is 16.1 Å². The molecule has 110 valence electrons. The number of amides is 1. The van der Waals surface area contributed by atoms with Gasteiger partial charge in [0.2, 0.25) is 0 Å². The largest absolute Gasteiger partial charge is 0.467 e. The average Bonchev–Trinajstić information content (AvgIpc) is 3.12. The Labute approximate surface area is 120 Å². The Kier molecular flexibility index (Phi) is 4.55. The Balaban J connectivity index is 1.77. The van der Waals surface area contributed by atoms with Crippen molar-refractivity contribution in [2.75, 3.05) is 6.61 Å². The van der Waals surface area contributed by atoms with Crippen molar-refractivity contribution in [3.63, 3.8) is 0 Å². The van der Waals surface area contributed by atoms with Crippen LogP contribution in [0.15, 0.2) is 35.1 Å². The zero-order valence-electron chi connectivity index (χ0n) is 11.3. The molecule has 2 aromatic heterocycles. The molecule has 1 amide bonds. The van der Waals surface area contributed by atoms with Gasteiger partial charge in [0.1, 0.15) is 11.5 Å². The van der Waals surface area contributed by atoms with Gasteiger partial charge in [0.25, 0.3) is 5.91 Å². The van der Waals surface area contributed by atoms with Gasteiger partial charge in [0, 0.05) is 11.8 Å². The van der Waals surface area contributed by atoms with Gasteiger partial charge in [-0.15, -0.1) is 0 Å². The number of ketones is 1. The van der Waals surface area contributed by atoms with Crippen LogP contribution in [0.2, 0.25) is 0 Å². The minimum Gasteiger partial charge on any atom is -0.467 e. The van der Waals surface area contributed by atoms with E-state index in [2.05, 4.69) is 10.3 Å². The number of H-pyrrole nitrogens is 1. The summed E-state index contributed by atoms with van der Waals surface area (Å²) in [5, 5.41) is 2.54. The highest BCUT2D eigenvalue weighted by atomic mass is 16.5. The molecule has 2 N–H and O–H groups in total. The lowest BCUT2D eigenvalue weighted by Gasteiger charge is -2.04. The first kappa shape index (κ1) is 14.6. The fraction of sp³-hybridized carbons (Fsp3) is 0.214. The third-order valence-electron chi connectivity index (χ3n) is 2.68. The maximum absolute atomic E-state index is 11.7. The number of aromatic nitrogens is 1. The first-order chi connectivity index (χ1) is 10.1. The Hall–Kier alpha value is -2.83. The predicted octanol–water partition coefficient (Wildman–Crippen LogP) is 1.28. The standard InChI is InChI=1S/C14H14N2O5/c1-9(17)10-5-12(15-6-10)14(19)21-8-13(18)16-7-11-3-2-4-20-11/h2-6,15H,7-8H2,1H3,(H,16,18). The van der Waals surface area contributed by atoms with E-state index < -0.39 is 18.5 Å².